The number of rotatable bonds is 4. The molecule has 0 aliphatic rings. The van der Waals surface area contributed by atoms with Crippen LogP contribution in [0.15, 0.2) is 30.3 Å². The SMILES string of the molecule is N#CNO[P+](=O)Oc1ccccc1. The van der Waals surface area contributed by atoms with Gasteiger partial charge in [0.2, 0.25) is 6.19 Å². The first-order valence-electron chi connectivity index (χ1n) is 3.34. The fourth-order valence-corrected chi connectivity index (χ4v) is 1.09. The third-order valence-corrected chi connectivity index (χ3v) is 1.69. The summed E-state index contributed by atoms with van der Waals surface area (Å²) in [6.45, 7) is 0. The minimum atomic E-state index is -2.35. The molecule has 0 aromatic heterocycles. The lowest BCUT2D eigenvalue weighted by atomic mass is 10.3. The van der Waals surface area contributed by atoms with Gasteiger partial charge >= 0.3 is 8.25 Å². The maximum atomic E-state index is 10.9. The molecule has 0 bridgehead atoms. The van der Waals surface area contributed by atoms with Crippen LogP contribution in [0.2, 0.25) is 0 Å². The van der Waals surface area contributed by atoms with Crippen molar-refractivity contribution >= 4 is 8.25 Å². The molecule has 1 aromatic carbocycles. The second-order valence-electron chi connectivity index (χ2n) is 1.93. The Kier molecular flexibility index (Phi) is 3.71. The van der Waals surface area contributed by atoms with Crippen molar-refractivity contribution < 1.29 is 13.7 Å². The average molecular weight is 197 g/mol. The standard InChI is InChI=1S/C7H6N2O3P/c8-6-9-12-13(10)11-7-4-2-1-3-5-7/h1-5,9H/q+1. The molecule has 0 saturated heterocycles. The predicted molar refractivity (Wildman–Crippen MR) is 44.5 cm³/mol. The Labute approximate surface area is 75.8 Å². The molecule has 66 valence electrons. The summed E-state index contributed by atoms with van der Waals surface area (Å²) in [6, 6.07) is 8.52. The fraction of sp³-hybridized carbons (Fsp3) is 0. The number of hydrogen-bond acceptors (Lipinski definition) is 5. The second kappa shape index (κ2) is 5.09. The van der Waals surface area contributed by atoms with E-state index in [1.54, 1.807) is 35.8 Å². The van der Waals surface area contributed by atoms with E-state index in [0.717, 1.165) is 0 Å². The van der Waals surface area contributed by atoms with Gasteiger partial charge in [-0.05, 0) is 12.1 Å². The fourth-order valence-electron chi connectivity index (χ4n) is 0.644. The van der Waals surface area contributed by atoms with Crippen LogP contribution in [-0.2, 0) is 9.19 Å². The van der Waals surface area contributed by atoms with Gasteiger partial charge < -0.3 is 0 Å². The van der Waals surface area contributed by atoms with Gasteiger partial charge in [0.15, 0.2) is 5.75 Å². The largest absolute Gasteiger partial charge is 0.775 e. The summed E-state index contributed by atoms with van der Waals surface area (Å²) in [5.74, 6) is 0.420. The number of nitrogens with zero attached hydrogens (tertiary/aromatic N) is 1. The van der Waals surface area contributed by atoms with Crippen molar-refractivity contribution in [3.05, 3.63) is 30.3 Å². The minimum absolute atomic E-state index is 0.420. The van der Waals surface area contributed by atoms with Crippen molar-refractivity contribution in [1.82, 2.24) is 5.48 Å². The summed E-state index contributed by atoms with van der Waals surface area (Å²) in [5.41, 5.74) is 1.77. The van der Waals surface area contributed by atoms with E-state index < -0.39 is 8.25 Å². The Morgan fingerprint density at radius 3 is 2.69 bits per heavy atom. The van der Waals surface area contributed by atoms with E-state index in [4.69, 9.17) is 9.79 Å². The van der Waals surface area contributed by atoms with E-state index in [1.807, 2.05) is 0 Å². The van der Waals surface area contributed by atoms with Crippen LogP contribution in [0, 0.1) is 11.5 Å². The second-order valence-corrected chi connectivity index (χ2v) is 2.75. The lowest BCUT2D eigenvalue weighted by Gasteiger charge is -1.88. The lowest BCUT2D eigenvalue weighted by Crippen LogP contribution is -2.01. The van der Waals surface area contributed by atoms with Gasteiger partial charge in [0.1, 0.15) is 0 Å². The van der Waals surface area contributed by atoms with Crippen LogP contribution >= 0.6 is 8.25 Å². The molecule has 1 aromatic rings. The van der Waals surface area contributed by atoms with Crippen LogP contribution in [-0.4, -0.2) is 0 Å². The summed E-state index contributed by atoms with van der Waals surface area (Å²) >= 11 is 0. The predicted octanol–water partition coefficient (Wildman–Crippen LogP) is 1.73. The van der Waals surface area contributed by atoms with Gasteiger partial charge in [-0.25, -0.2) is 4.52 Å². The average Bonchev–Trinajstić information content (AvgIpc) is 2.16. The molecule has 5 nitrogen and oxygen atoms in total. The van der Waals surface area contributed by atoms with Gasteiger partial charge in [0.25, 0.3) is 0 Å². The molecule has 0 aliphatic carbocycles. The highest BCUT2D eigenvalue weighted by Crippen LogP contribution is 2.25. The Hall–Kier alpha value is -1.63. The Morgan fingerprint density at radius 1 is 1.38 bits per heavy atom. The molecule has 13 heavy (non-hydrogen) atoms. The highest BCUT2D eigenvalue weighted by molar-refractivity contribution is 7.33. The summed E-state index contributed by atoms with van der Waals surface area (Å²) in [5, 5.41) is 8.01. The molecule has 0 fully saturated rings. The maximum Gasteiger partial charge on any atom is 0.775 e. The van der Waals surface area contributed by atoms with Crippen LogP contribution in [0.3, 0.4) is 0 Å². The molecule has 1 N–H and O–H groups in total. The Morgan fingerprint density at radius 2 is 2.08 bits per heavy atom. The summed E-state index contributed by atoms with van der Waals surface area (Å²) < 4.78 is 19.9. The van der Waals surface area contributed by atoms with E-state index in [2.05, 4.69) is 4.62 Å². The maximum absolute atomic E-state index is 10.9. The number of nitriles is 1. The molecule has 0 radical (unpaired) electrons. The smallest absolute Gasteiger partial charge is 0.228 e. The Bertz CT molecular complexity index is 322. The van der Waals surface area contributed by atoms with Gasteiger partial charge in [-0.2, -0.15) is 5.26 Å². The van der Waals surface area contributed by atoms with E-state index in [0.29, 0.717) is 5.75 Å². The van der Waals surface area contributed by atoms with E-state index in [-0.39, 0.29) is 0 Å². The zero-order valence-corrected chi connectivity index (χ0v) is 7.40. The van der Waals surface area contributed by atoms with Crippen LogP contribution < -0.4 is 10.0 Å². The topological polar surface area (TPSA) is 71.3 Å². The molecule has 0 amide bonds. The molecule has 0 heterocycles. The van der Waals surface area contributed by atoms with Crippen molar-refractivity contribution in [2.75, 3.05) is 0 Å². The zero-order chi connectivity index (χ0) is 9.52. The van der Waals surface area contributed by atoms with Gasteiger partial charge in [-0.15, -0.1) is 5.48 Å². The third kappa shape index (κ3) is 3.52. The molecule has 0 spiro atoms. The molecule has 1 unspecified atom stereocenters. The van der Waals surface area contributed by atoms with E-state index in [1.165, 1.54) is 6.19 Å². The van der Waals surface area contributed by atoms with E-state index >= 15 is 0 Å². The number of hydroxylamine groups is 1. The van der Waals surface area contributed by atoms with Gasteiger partial charge in [0.05, 0.1) is 0 Å². The highest BCUT2D eigenvalue weighted by Gasteiger charge is 2.22. The first-order chi connectivity index (χ1) is 6.33. The molecule has 1 rings (SSSR count). The molecule has 1 atom stereocenters. The van der Waals surface area contributed by atoms with Crippen LogP contribution in [0.1, 0.15) is 0 Å². The minimum Gasteiger partial charge on any atom is -0.228 e. The van der Waals surface area contributed by atoms with Crippen LogP contribution in [0.25, 0.3) is 0 Å². The summed E-state index contributed by atoms with van der Waals surface area (Å²) in [6.07, 6.45) is 1.45. The number of nitrogens with one attached hydrogen (secondary N) is 1. The molecular formula is C7H6N2O3P+. The molecule has 0 saturated carbocycles. The van der Waals surface area contributed by atoms with Crippen molar-refractivity contribution in [2.24, 2.45) is 0 Å². The van der Waals surface area contributed by atoms with Crippen molar-refractivity contribution in [1.29, 1.82) is 5.26 Å². The van der Waals surface area contributed by atoms with Crippen LogP contribution in [0.5, 0.6) is 5.75 Å². The molecule has 6 heteroatoms. The quantitative estimate of drug-likeness (QED) is 0.344. The number of benzene rings is 1. The summed E-state index contributed by atoms with van der Waals surface area (Å²) in [7, 11) is -2.35. The lowest BCUT2D eigenvalue weighted by molar-refractivity contribution is 0.231. The monoisotopic (exact) mass is 197 g/mol. The van der Waals surface area contributed by atoms with Gasteiger partial charge in [0, 0.05) is 9.19 Å². The number of para-hydroxylation sites is 1. The van der Waals surface area contributed by atoms with Crippen molar-refractivity contribution in [2.45, 2.75) is 0 Å². The normalized spacial score (nSPS) is 9.92. The van der Waals surface area contributed by atoms with Gasteiger partial charge in [-0.1, -0.05) is 18.2 Å². The third-order valence-electron chi connectivity index (χ3n) is 1.09. The van der Waals surface area contributed by atoms with Crippen molar-refractivity contribution in [3.63, 3.8) is 0 Å². The number of hydrogen-bond donors (Lipinski definition) is 1. The van der Waals surface area contributed by atoms with Gasteiger partial charge in [-0.3, -0.25) is 0 Å². The highest BCUT2D eigenvalue weighted by atomic mass is 31.1. The Balaban J connectivity index is 2.42. The zero-order valence-electron chi connectivity index (χ0n) is 6.51. The first-order valence-corrected chi connectivity index (χ1v) is 4.44. The molecule has 0 aliphatic heterocycles. The summed E-state index contributed by atoms with van der Waals surface area (Å²) in [4.78, 5) is 0. The van der Waals surface area contributed by atoms with E-state index in [9.17, 15) is 4.57 Å². The van der Waals surface area contributed by atoms with Crippen LogP contribution in [0.4, 0.5) is 0 Å². The van der Waals surface area contributed by atoms with Crippen molar-refractivity contribution in [3.8, 4) is 11.9 Å². The molecular weight excluding hydrogens is 191 g/mol. The first kappa shape index (κ1) is 9.46.